The zero-order valence-electron chi connectivity index (χ0n) is 7.77. The number of carbonyl (C=O) groups excluding carboxylic acids is 1. The Labute approximate surface area is 80.1 Å². The number of hydrogen-bond donors (Lipinski definition) is 1. The number of phenols is 1. The minimum Gasteiger partial charge on any atom is -0.507 e. The molecule has 0 aliphatic heterocycles. The zero-order chi connectivity index (χ0) is 10.9. The van der Waals surface area contributed by atoms with Crippen molar-refractivity contribution in [3.05, 3.63) is 33.4 Å². The number of carbonyl (C=O) groups is 1. The number of aromatic hydroxyl groups is 1. The Bertz CT molecular complexity index is 376. The average Bonchev–Trinajstić information content (AvgIpc) is 2.02. The van der Waals surface area contributed by atoms with Crippen LogP contribution in [0.15, 0.2) is 12.1 Å². The van der Waals surface area contributed by atoms with Crippen molar-refractivity contribution in [1.29, 1.82) is 0 Å². The molecule has 5 heteroatoms. The van der Waals surface area contributed by atoms with Crippen molar-refractivity contribution < 1.29 is 14.8 Å². The molecule has 0 unspecified atom stereocenters. The standard InChI is InChI=1S/C9H9NO4/c1-5-3-9(12)7(6(2)11)4-8(5)10(13)14/h3-4,12H,1-2H3. The summed E-state index contributed by atoms with van der Waals surface area (Å²) in [5.41, 5.74) is 0.146. The van der Waals surface area contributed by atoms with Crippen LogP contribution >= 0.6 is 0 Å². The Morgan fingerprint density at radius 1 is 1.50 bits per heavy atom. The predicted molar refractivity (Wildman–Crippen MR) is 49.5 cm³/mol. The van der Waals surface area contributed by atoms with Gasteiger partial charge in [0.05, 0.1) is 10.5 Å². The summed E-state index contributed by atoms with van der Waals surface area (Å²) >= 11 is 0. The third-order valence-electron chi connectivity index (χ3n) is 1.89. The molecule has 0 aliphatic rings. The summed E-state index contributed by atoms with van der Waals surface area (Å²) in [6.45, 7) is 2.75. The monoisotopic (exact) mass is 195 g/mol. The van der Waals surface area contributed by atoms with E-state index in [1.165, 1.54) is 19.9 Å². The first-order valence-corrected chi connectivity index (χ1v) is 3.92. The third kappa shape index (κ3) is 1.71. The Morgan fingerprint density at radius 2 is 2.07 bits per heavy atom. The zero-order valence-corrected chi connectivity index (χ0v) is 7.77. The molecule has 1 rings (SSSR count). The van der Waals surface area contributed by atoms with Crippen LogP contribution in [0.3, 0.4) is 0 Å². The fraction of sp³-hybridized carbons (Fsp3) is 0.222. The van der Waals surface area contributed by atoms with Gasteiger partial charge in [0.15, 0.2) is 5.78 Å². The van der Waals surface area contributed by atoms with E-state index in [2.05, 4.69) is 0 Å². The summed E-state index contributed by atoms with van der Waals surface area (Å²) in [7, 11) is 0. The van der Waals surface area contributed by atoms with E-state index in [9.17, 15) is 20.0 Å². The van der Waals surface area contributed by atoms with E-state index >= 15 is 0 Å². The van der Waals surface area contributed by atoms with Crippen LogP contribution in [0.25, 0.3) is 0 Å². The van der Waals surface area contributed by atoms with Crippen LogP contribution < -0.4 is 0 Å². The molecule has 0 atom stereocenters. The Morgan fingerprint density at radius 3 is 2.50 bits per heavy atom. The van der Waals surface area contributed by atoms with E-state index in [1.807, 2.05) is 0 Å². The number of nitro groups is 1. The molecule has 0 saturated carbocycles. The van der Waals surface area contributed by atoms with Crippen molar-refractivity contribution in [2.45, 2.75) is 13.8 Å². The summed E-state index contributed by atoms with van der Waals surface area (Å²) in [6.07, 6.45) is 0. The SMILES string of the molecule is CC(=O)c1cc([N+](=O)[O-])c(C)cc1O. The van der Waals surface area contributed by atoms with Crippen LogP contribution in [-0.2, 0) is 0 Å². The second-order valence-corrected chi connectivity index (χ2v) is 2.97. The summed E-state index contributed by atoms with van der Waals surface area (Å²) in [6, 6.07) is 2.31. The molecule has 1 N–H and O–H groups in total. The molecule has 1 aromatic rings. The van der Waals surface area contributed by atoms with Gasteiger partial charge in [-0.25, -0.2) is 0 Å². The molecule has 5 nitrogen and oxygen atoms in total. The number of benzene rings is 1. The first kappa shape index (κ1) is 10.2. The van der Waals surface area contributed by atoms with Crippen molar-refractivity contribution in [3.63, 3.8) is 0 Å². The van der Waals surface area contributed by atoms with Crippen molar-refractivity contribution in [1.82, 2.24) is 0 Å². The molecule has 0 bridgehead atoms. The molecular formula is C9H9NO4. The second-order valence-electron chi connectivity index (χ2n) is 2.97. The minimum absolute atomic E-state index is 0.0256. The van der Waals surface area contributed by atoms with Gasteiger partial charge in [0.1, 0.15) is 5.75 Å². The summed E-state index contributed by atoms with van der Waals surface area (Å²) in [4.78, 5) is 20.9. The lowest BCUT2D eigenvalue weighted by Gasteiger charge is -2.02. The second kappa shape index (κ2) is 3.45. The summed E-state index contributed by atoms with van der Waals surface area (Å²) in [5.74, 6) is -0.619. The fourth-order valence-electron chi connectivity index (χ4n) is 1.16. The number of phenolic OH excluding ortho intramolecular Hbond substituents is 1. The van der Waals surface area contributed by atoms with Crippen LogP contribution in [0.4, 0.5) is 5.69 Å². The van der Waals surface area contributed by atoms with E-state index in [1.54, 1.807) is 0 Å². The Hall–Kier alpha value is -1.91. The predicted octanol–water partition coefficient (Wildman–Crippen LogP) is 1.81. The molecular weight excluding hydrogens is 186 g/mol. The van der Waals surface area contributed by atoms with Gasteiger partial charge in [0.2, 0.25) is 0 Å². The van der Waals surface area contributed by atoms with Crippen LogP contribution in [0.1, 0.15) is 22.8 Å². The maximum atomic E-state index is 11.0. The molecule has 0 aliphatic carbocycles. The number of nitro benzene ring substituents is 1. The fourth-order valence-corrected chi connectivity index (χ4v) is 1.16. The largest absolute Gasteiger partial charge is 0.507 e. The highest BCUT2D eigenvalue weighted by Crippen LogP contribution is 2.27. The average molecular weight is 195 g/mol. The van der Waals surface area contributed by atoms with Crippen LogP contribution in [-0.4, -0.2) is 15.8 Å². The first-order chi connectivity index (χ1) is 6.43. The van der Waals surface area contributed by atoms with Crippen LogP contribution in [0, 0.1) is 17.0 Å². The highest BCUT2D eigenvalue weighted by molar-refractivity contribution is 5.97. The number of hydrogen-bond acceptors (Lipinski definition) is 4. The molecule has 0 spiro atoms. The molecule has 0 amide bonds. The van der Waals surface area contributed by atoms with Gasteiger partial charge in [-0.1, -0.05) is 0 Å². The van der Waals surface area contributed by atoms with Gasteiger partial charge in [0, 0.05) is 11.6 Å². The molecule has 1 aromatic carbocycles. The molecule has 0 aromatic heterocycles. The van der Waals surface area contributed by atoms with Crippen LogP contribution in [0.2, 0.25) is 0 Å². The molecule has 0 fully saturated rings. The highest BCUT2D eigenvalue weighted by atomic mass is 16.6. The number of aryl methyl sites for hydroxylation is 1. The smallest absolute Gasteiger partial charge is 0.273 e. The maximum absolute atomic E-state index is 11.0. The number of nitrogens with zero attached hydrogens (tertiary/aromatic N) is 1. The first-order valence-electron chi connectivity index (χ1n) is 3.92. The van der Waals surface area contributed by atoms with Gasteiger partial charge in [-0.2, -0.15) is 0 Å². The lowest BCUT2D eigenvalue weighted by molar-refractivity contribution is -0.385. The van der Waals surface area contributed by atoms with Gasteiger partial charge < -0.3 is 5.11 Å². The third-order valence-corrected chi connectivity index (χ3v) is 1.89. The molecule has 0 saturated heterocycles. The number of ketones is 1. The lowest BCUT2D eigenvalue weighted by atomic mass is 10.1. The summed E-state index contributed by atoms with van der Waals surface area (Å²) < 4.78 is 0. The highest BCUT2D eigenvalue weighted by Gasteiger charge is 2.16. The van der Waals surface area contributed by atoms with Crippen molar-refractivity contribution in [2.24, 2.45) is 0 Å². The van der Waals surface area contributed by atoms with Gasteiger partial charge in [-0.15, -0.1) is 0 Å². The van der Waals surface area contributed by atoms with E-state index in [0.717, 1.165) is 6.07 Å². The normalized spacial score (nSPS) is 9.86. The van der Waals surface area contributed by atoms with E-state index in [0.29, 0.717) is 5.56 Å². The van der Waals surface area contributed by atoms with Crippen molar-refractivity contribution in [3.8, 4) is 5.75 Å². The van der Waals surface area contributed by atoms with E-state index in [4.69, 9.17) is 0 Å². The van der Waals surface area contributed by atoms with Gasteiger partial charge in [-0.05, 0) is 19.9 Å². The molecule has 0 radical (unpaired) electrons. The van der Waals surface area contributed by atoms with Crippen molar-refractivity contribution in [2.75, 3.05) is 0 Å². The Balaban J connectivity index is 3.42. The van der Waals surface area contributed by atoms with Gasteiger partial charge in [-0.3, -0.25) is 14.9 Å². The van der Waals surface area contributed by atoms with Gasteiger partial charge in [0.25, 0.3) is 5.69 Å². The van der Waals surface area contributed by atoms with E-state index < -0.39 is 10.7 Å². The van der Waals surface area contributed by atoms with E-state index in [-0.39, 0.29) is 17.0 Å². The van der Waals surface area contributed by atoms with Crippen molar-refractivity contribution >= 4 is 11.5 Å². The van der Waals surface area contributed by atoms with Crippen LogP contribution in [0.5, 0.6) is 5.75 Å². The maximum Gasteiger partial charge on any atom is 0.273 e. The number of Topliss-reactive ketones (excluding diaryl/α,β-unsaturated/α-hetero) is 1. The Kier molecular flexibility index (Phi) is 2.51. The molecule has 74 valence electrons. The minimum atomic E-state index is -0.582. The quantitative estimate of drug-likeness (QED) is 0.443. The molecule has 14 heavy (non-hydrogen) atoms. The topological polar surface area (TPSA) is 80.4 Å². The van der Waals surface area contributed by atoms with Gasteiger partial charge >= 0.3 is 0 Å². The lowest BCUT2D eigenvalue weighted by Crippen LogP contribution is -1.98. The number of rotatable bonds is 2. The molecule has 0 heterocycles. The summed E-state index contributed by atoms with van der Waals surface area (Å²) in [5, 5.41) is 19.8.